The lowest BCUT2D eigenvalue weighted by atomic mass is 9.82. The Labute approximate surface area is 274 Å². The van der Waals surface area contributed by atoms with Crippen LogP contribution in [0.25, 0.3) is 66.4 Å². The predicted octanol–water partition coefficient (Wildman–Crippen LogP) is 11.8. The molecule has 2 nitrogen and oxygen atoms in total. The van der Waals surface area contributed by atoms with E-state index in [0.717, 1.165) is 34.5 Å². The van der Waals surface area contributed by atoms with Crippen LogP contribution in [0.5, 0.6) is 0 Å². The molecular weight excluding hydrogens is 569 g/mol. The molecule has 1 heterocycles. The van der Waals surface area contributed by atoms with Crippen molar-refractivity contribution in [3.8, 4) is 28.2 Å². The van der Waals surface area contributed by atoms with Gasteiger partial charge in [-0.25, -0.2) is 4.98 Å². The number of para-hydroxylation sites is 2. The monoisotopic (exact) mass is 600 g/mol. The van der Waals surface area contributed by atoms with Crippen molar-refractivity contribution in [2.24, 2.45) is 0 Å². The Morgan fingerprint density at radius 3 is 1.72 bits per heavy atom. The Morgan fingerprint density at radius 1 is 0.511 bits per heavy atom. The van der Waals surface area contributed by atoms with E-state index in [-0.39, 0.29) is 0 Å². The fourth-order valence-electron chi connectivity index (χ4n) is 7.35. The summed E-state index contributed by atoms with van der Waals surface area (Å²) in [4.78, 5) is 5.05. The summed E-state index contributed by atoms with van der Waals surface area (Å²) in [6.45, 7) is 0. The van der Waals surface area contributed by atoms with Crippen molar-refractivity contribution >= 4 is 38.2 Å². The number of allylic oxidation sites excluding steroid dienone is 4. The van der Waals surface area contributed by atoms with E-state index in [1.807, 2.05) is 6.07 Å². The van der Waals surface area contributed by atoms with Gasteiger partial charge in [0.05, 0.1) is 11.0 Å². The van der Waals surface area contributed by atoms with Gasteiger partial charge in [0.25, 0.3) is 0 Å². The van der Waals surface area contributed by atoms with E-state index in [4.69, 9.17) is 4.98 Å². The van der Waals surface area contributed by atoms with Gasteiger partial charge in [-0.3, -0.25) is 4.57 Å². The molecular formula is C45H32N2. The van der Waals surface area contributed by atoms with E-state index >= 15 is 0 Å². The smallest absolute Gasteiger partial charge is 0.145 e. The molecule has 0 bridgehead atoms. The number of rotatable bonds is 5. The quantitative estimate of drug-likeness (QED) is 0.180. The van der Waals surface area contributed by atoms with Crippen LogP contribution in [0.15, 0.2) is 176 Å². The van der Waals surface area contributed by atoms with Gasteiger partial charge in [0, 0.05) is 17.2 Å². The molecule has 1 aromatic heterocycles. The molecule has 1 aliphatic carbocycles. The summed E-state index contributed by atoms with van der Waals surface area (Å²) in [5.74, 6) is 1.36. The first kappa shape index (κ1) is 27.3. The molecule has 0 N–H and O–H groups in total. The summed E-state index contributed by atoms with van der Waals surface area (Å²) in [6, 6.07) is 56.5. The fourth-order valence-corrected chi connectivity index (χ4v) is 7.35. The van der Waals surface area contributed by atoms with Crippen LogP contribution in [0.3, 0.4) is 0 Å². The first-order valence-electron chi connectivity index (χ1n) is 16.3. The van der Waals surface area contributed by atoms with Crippen molar-refractivity contribution in [3.05, 3.63) is 187 Å². The van der Waals surface area contributed by atoms with Crippen LogP contribution in [-0.2, 0) is 0 Å². The predicted molar refractivity (Wildman–Crippen MR) is 198 cm³/mol. The maximum absolute atomic E-state index is 5.05. The van der Waals surface area contributed by atoms with Crippen molar-refractivity contribution < 1.29 is 0 Å². The molecule has 0 aliphatic heterocycles. The normalized spacial score (nSPS) is 14.6. The second-order valence-corrected chi connectivity index (χ2v) is 12.3. The molecule has 0 fully saturated rings. The maximum atomic E-state index is 5.05. The van der Waals surface area contributed by atoms with Gasteiger partial charge < -0.3 is 0 Å². The second kappa shape index (κ2) is 11.4. The summed E-state index contributed by atoms with van der Waals surface area (Å²) >= 11 is 0. The minimum Gasteiger partial charge on any atom is -0.292 e. The topological polar surface area (TPSA) is 17.8 Å². The van der Waals surface area contributed by atoms with Gasteiger partial charge in [0.2, 0.25) is 0 Å². The summed E-state index contributed by atoms with van der Waals surface area (Å²) in [5, 5.41) is 5.11. The van der Waals surface area contributed by atoms with Gasteiger partial charge in [-0.05, 0) is 80.1 Å². The van der Waals surface area contributed by atoms with Gasteiger partial charge in [-0.1, -0.05) is 152 Å². The highest BCUT2D eigenvalue weighted by atomic mass is 15.1. The van der Waals surface area contributed by atoms with E-state index in [9.17, 15) is 0 Å². The average molecular weight is 601 g/mol. The Bertz CT molecular complexity index is 2410. The molecule has 1 atom stereocenters. The van der Waals surface area contributed by atoms with Gasteiger partial charge in [-0.15, -0.1) is 0 Å². The maximum Gasteiger partial charge on any atom is 0.145 e. The van der Waals surface area contributed by atoms with E-state index in [1.165, 1.54) is 49.4 Å². The molecule has 7 aromatic carbocycles. The molecule has 0 spiro atoms. The number of hydrogen-bond acceptors (Lipinski definition) is 1. The molecule has 47 heavy (non-hydrogen) atoms. The molecule has 8 aromatic rings. The highest BCUT2D eigenvalue weighted by Gasteiger charge is 2.20. The van der Waals surface area contributed by atoms with Crippen molar-refractivity contribution in [3.63, 3.8) is 0 Å². The minimum atomic E-state index is 0.408. The van der Waals surface area contributed by atoms with Crippen molar-refractivity contribution in [2.75, 3.05) is 0 Å². The number of nitrogens with zero attached hydrogens (tertiary/aromatic N) is 2. The van der Waals surface area contributed by atoms with Gasteiger partial charge in [0.15, 0.2) is 0 Å². The van der Waals surface area contributed by atoms with Crippen molar-refractivity contribution in [1.29, 1.82) is 0 Å². The molecule has 0 saturated carbocycles. The van der Waals surface area contributed by atoms with E-state index in [0.29, 0.717) is 5.92 Å². The van der Waals surface area contributed by atoms with Crippen molar-refractivity contribution in [2.45, 2.75) is 12.3 Å². The SMILES string of the molecule is C1=CC(c2ccccc2)CC=C1c1c2ccccc2c(-c2ccc(-n3c(-c4ccccc4)nc4ccccc43)cc2)c2ccccc12. The standard InChI is InChI=1S/C45H32N2/c1-3-13-31(14-4-1)32-23-25-33(26-24-32)43-37-17-7-9-19-39(37)44(40-20-10-8-18-38(40)43)34-27-29-36(30-28-34)47-42-22-12-11-21-41(42)46-45(47)35-15-5-2-6-16-35/h1-23,25-30,32H,24H2. The van der Waals surface area contributed by atoms with Crippen LogP contribution in [0.1, 0.15) is 23.5 Å². The molecule has 0 saturated heterocycles. The van der Waals surface area contributed by atoms with Crippen molar-refractivity contribution in [1.82, 2.24) is 9.55 Å². The lowest BCUT2D eigenvalue weighted by Crippen LogP contribution is -2.00. The number of imidazole rings is 1. The third-order valence-electron chi connectivity index (χ3n) is 9.55. The first-order valence-corrected chi connectivity index (χ1v) is 16.3. The van der Waals surface area contributed by atoms with Crippen LogP contribution >= 0.6 is 0 Å². The van der Waals surface area contributed by atoms with Crippen LogP contribution in [0.2, 0.25) is 0 Å². The zero-order chi connectivity index (χ0) is 31.2. The van der Waals surface area contributed by atoms with Crippen LogP contribution in [0.4, 0.5) is 0 Å². The summed E-state index contributed by atoms with van der Waals surface area (Å²) < 4.78 is 2.28. The minimum absolute atomic E-state index is 0.408. The molecule has 1 unspecified atom stereocenters. The molecule has 0 radical (unpaired) electrons. The molecule has 0 amide bonds. The fraction of sp³-hybridized carbons (Fsp3) is 0.0444. The number of fused-ring (bicyclic) bond motifs is 3. The Hall–Kier alpha value is -5.99. The number of aromatic nitrogens is 2. The lowest BCUT2D eigenvalue weighted by Gasteiger charge is -2.21. The largest absolute Gasteiger partial charge is 0.292 e. The van der Waals surface area contributed by atoms with Gasteiger partial charge in [0.1, 0.15) is 5.82 Å². The van der Waals surface area contributed by atoms with E-state index < -0.39 is 0 Å². The van der Waals surface area contributed by atoms with Crippen LogP contribution in [-0.4, -0.2) is 9.55 Å². The zero-order valence-electron chi connectivity index (χ0n) is 25.9. The summed E-state index contributed by atoms with van der Waals surface area (Å²) in [7, 11) is 0. The Morgan fingerprint density at radius 2 is 1.09 bits per heavy atom. The molecule has 2 heteroatoms. The summed E-state index contributed by atoms with van der Waals surface area (Å²) in [5.41, 5.74) is 10.7. The third-order valence-corrected chi connectivity index (χ3v) is 9.55. The Kier molecular flexibility index (Phi) is 6.64. The highest BCUT2D eigenvalue weighted by molar-refractivity contribution is 6.19. The average Bonchev–Trinajstić information content (AvgIpc) is 3.54. The number of hydrogen-bond donors (Lipinski definition) is 0. The Balaban J connectivity index is 1.18. The first-order chi connectivity index (χ1) is 23.3. The lowest BCUT2D eigenvalue weighted by molar-refractivity contribution is 0.857. The van der Waals surface area contributed by atoms with E-state index in [2.05, 4.69) is 174 Å². The second-order valence-electron chi connectivity index (χ2n) is 12.3. The van der Waals surface area contributed by atoms with Gasteiger partial charge >= 0.3 is 0 Å². The van der Waals surface area contributed by atoms with Crippen LogP contribution in [0, 0.1) is 0 Å². The van der Waals surface area contributed by atoms with Crippen LogP contribution < -0.4 is 0 Å². The highest BCUT2D eigenvalue weighted by Crippen LogP contribution is 2.44. The number of benzene rings is 7. The molecule has 222 valence electrons. The molecule has 9 rings (SSSR count). The third kappa shape index (κ3) is 4.69. The molecule has 1 aliphatic rings. The zero-order valence-corrected chi connectivity index (χ0v) is 25.9. The van der Waals surface area contributed by atoms with Gasteiger partial charge in [-0.2, -0.15) is 0 Å². The van der Waals surface area contributed by atoms with E-state index in [1.54, 1.807) is 0 Å². The summed E-state index contributed by atoms with van der Waals surface area (Å²) in [6.07, 6.45) is 8.14.